The van der Waals surface area contributed by atoms with Crippen molar-refractivity contribution in [3.8, 4) is 11.5 Å². The molecule has 2 aromatic carbocycles. The molecule has 0 aliphatic carbocycles. The standard InChI is InChI=1S/C25H33N3O3/c1-4-17-31-23-11-9-20(18-24(23)30-3)10-12-25(29)26-19-21-7-5-6-8-22(21)28-15-13-27(2)14-16-28/h5-12,18H,4,13-17,19H2,1-3H3,(H,26,29)/b12-10+. The molecule has 166 valence electrons. The van der Waals surface area contributed by atoms with Gasteiger partial charge in [0.15, 0.2) is 11.5 Å². The zero-order chi connectivity index (χ0) is 22.1. The first kappa shape index (κ1) is 22.7. The van der Waals surface area contributed by atoms with E-state index >= 15 is 0 Å². The van der Waals surface area contributed by atoms with Gasteiger partial charge in [0.2, 0.25) is 5.91 Å². The number of anilines is 1. The van der Waals surface area contributed by atoms with Crippen molar-refractivity contribution in [3.05, 3.63) is 59.7 Å². The van der Waals surface area contributed by atoms with Crippen LogP contribution in [0.4, 0.5) is 5.69 Å². The number of hydrogen-bond acceptors (Lipinski definition) is 5. The van der Waals surface area contributed by atoms with Gasteiger partial charge < -0.3 is 24.6 Å². The molecule has 0 spiro atoms. The molecule has 0 unspecified atom stereocenters. The highest BCUT2D eigenvalue weighted by Crippen LogP contribution is 2.28. The maximum Gasteiger partial charge on any atom is 0.244 e. The maximum atomic E-state index is 12.4. The van der Waals surface area contributed by atoms with Crippen molar-refractivity contribution in [1.82, 2.24) is 10.2 Å². The number of rotatable bonds is 9. The number of methoxy groups -OCH3 is 1. The summed E-state index contributed by atoms with van der Waals surface area (Å²) < 4.78 is 11.1. The second-order valence-electron chi connectivity index (χ2n) is 7.73. The van der Waals surface area contributed by atoms with Crippen LogP contribution in [-0.2, 0) is 11.3 Å². The first-order valence-corrected chi connectivity index (χ1v) is 10.9. The van der Waals surface area contributed by atoms with Crippen molar-refractivity contribution in [2.24, 2.45) is 0 Å². The Hall–Kier alpha value is -2.99. The third kappa shape index (κ3) is 6.49. The third-order valence-electron chi connectivity index (χ3n) is 5.37. The predicted octanol–water partition coefficient (Wildman–Crippen LogP) is 3.57. The molecule has 0 bridgehead atoms. The van der Waals surface area contributed by atoms with Crippen LogP contribution in [0.25, 0.3) is 6.08 Å². The number of nitrogens with zero attached hydrogens (tertiary/aromatic N) is 2. The Kier molecular flexibility index (Phi) is 8.35. The number of carbonyl (C=O) groups excluding carboxylic acids is 1. The fourth-order valence-corrected chi connectivity index (χ4v) is 3.55. The van der Waals surface area contributed by atoms with Crippen LogP contribution in [0, 0.1) is 0 Å². The molecule has 0 atom stereocenters. The van der Waals surface area contributed by atoms with Gasteiger partial charge in [0.05, 0.1) is 13.7 Å². The zero-order valence-electron chi connectivity index (χ0n) is 18.8. The Labute approximate surface area is 185 Å². The molecule has 1 N–H and O–H groups in total. The van der Waals surface area contributed by atoms with Crippen LogP contribution in [-0.4, -0.2) is 57.8 Å². The summed E-state index contributed by atoms with van der Waals surface area (Å²) in [5.74, 6) is 1.25. The van der Waals surface area contributed by atoms with Crippen LogP contribution in [0.5, 0.6) is 11.5 Å². The van der Waals surface area contributed by atoms with E-state index in [2.05, 4.69) is 47.3 Å². The van der Waals surface area contributed by atoms with Crippen LogP contribution in [0.3, 0.4) is 0 Å². The number of nitrogens with one attached hydrogen (secondary N) is 1. The first-order chi connectivity index (χ1) is 15.1. The van der Waals surface area contributed by atoms with Gasteiger partial charge >= 0.3 is 0 Å². The lowest BCUT2D eigenvalue weighted by atomic mass is 10.1. The molecule has 1 amide bonds. The summed E-state index contributed by atoms with van der Waals surface area (Å²) >= 11 is 0. The van der Waals surface area contributed by atoms with Crippen LogP contribution in [0.2, 0.25) is 0 Å². The van der Waals surface area contributed by atoms with Crippen molar-refractivity contribution >= 4 is 17.7 Å². The first-order valence-electron chi connectivity index (χ1n) is 10.9. The fourth-order valence-electron chi connectivity index (χ4n) is 3.55. The molecule has 1 saturated heterocycles. The van der Waals surface area contributed by atoms with Gasteiger partial charge in [-0.3, -0.25) is 4.79 Å². The average molecular weight is 424 g/mol. The molecule has 2 aromatic rings. The number of benzene rings is 2. The van der Waals surface area contributed by atoms with E-state index in [1.54, 1.807) is 19.3 Å². The molecule has 3 rings (SSSR count). The molecule has 6 heteroatoms. The Balaban J connectivity index is 1.59. The predicted molar refractivity (Wildman–Crippen MR) is 126 cm³/mol. The summed E-state index contributed by atoms with van der Waals surface area (Å²) in [6, 6.07) is 14.0. The minimum absolute atomic E-state index is 0.126. The van der Waals surface area contributed by atoms with E-state index in [4.69, 9.17) is 9.47 Å². The van der Waals surface area contributed by atoms with Crippen LogP contribution < -0.4 is 19.7 Å². The van der Waals surface area contributed by atoms with E-state index < -0.39 is 0 Å². The van der Waals surface area contributed by atoms with Gasteiger partial charge in [0.1, 0.15) is 0 Å². The quantitative estimate of drug-likeness (QED) is 0.625. The van der Waals surface area contributed by atoms with Gasteiger partial charge in [-0.05, 0) is 48.9 Å². The maximum absolute atomic E-state index is 12.4. The van der Waals surface area contributed by atoms with Gasteiger partial charge in [-0.15, -0.1) is 0 Å². The van der Waals surface area contributed by atoms with E-state index in [0.29, 0.717) is 24.7 Å². The minimum atomic E-state index is -0.126. The molecule has 1 aliphatic rings. The Morgan fingerprint density at radius 1 is 1.10 bits per heavy atom. The zero-order valence-corrected chi connectivity index (χ0v) is 18.8. The van der Waals surface area contributed by atoms with Crippen molar-refractivity contribution in [1.29, 1.82) is 0 Å². The SMILES string of the molecule is CCCOc1ccc(/C=C/C(=O)NCc2ccccc2N2CCN(C)CC2)cc1OC. The molecule has 0 radical (unpaired) electrons. The molecule has 0 saturated carbocycles. The van der Waals surface area contributed by atoms with Gasteiger partial charge in [-0.25, -0.2) is 0 Å². The minimum Gasteiger partial charge on any atom is -0.493 e. The highest BCUT2D eigenvalue weighted by atomic mass is 16.5. The molecule has 1 aliphatic heterocycles. The van der Waals surface area contributed by atoms with Gasteiger partial charge in [-0.1, -0.05) is 31.2 Å². The number of hydrogen-bond donors (Lipinski definition) is 1. The summed E-state index contributed by atoms with van der Waals surface area (Å²) in [6.45, 7) is 7.31. The van der Waals surface area contributed by atoms with Gasteiger partial charge in [0, 0.05) is 44.5 Å². The van der Waals surface area contributed by atoms with Crippen LogP contribution >= 0.6 is 0 Å². The van der Waals surface area contributed by atoms with E-state index in [0.717, 1.165) is 43.7 Å². The van der Waals surface area contributed by atoms with Gasteiger partial charge in [0.25, 0.3) is 0 Å². The molecular weight excluding hydrogens is 390 g/mol. The van der Waals surface area contributed by atoms with E-state index in [1.165, 1.54) is 5.69 Å². The molecule has 1 heterocycles. The summed E-state index contributed by atoms with van der Waals surface area (Å²) in [5, 5.41) is 3.01. The van der Waals surface area contributed by atoms with Crippen molar-refractivity contribution in [2.75, 3.05) is 51.8 Å². The topological polar surface area (TPSA) is 54.0 Å². The van der Waals surface area contributed by atoms with Gasteiger partial charge in [-0.2, -0.15) is 0 Å². The Morgan fingerprint density at radius 3 is 2.61 bits per heavy atom. The molecule has 6 nitrogen and oxygen atoms in total. The highest BCUT2D eigenvalue weighted by Gasteiger charge is 2.16. The molecule has 0 aromatic heterocycles. The van der Waals surface area contributed by atoms with Crippen LogP contribution in [0.15, 0.2) is 48.5 Å². The Bertz CT molecular complexity index is 889. The number of piperazine rings is 1. The summed E-state index contributed by atoms with van der Waals surface area (Å²) in [4.78, 5) is 17.1. The molecule has 31 heavy (non-hydrogen) atoms. The Morgan fingerprint density at radius 2 is 1.87 bits per heavy atom. The lowest BCUT2D eigenvalue weighted by Gasteiger charge is -2.35. The number of amides is 1. The van der Waals surface area contributed by atoms with Crippen LogP contribution in [0.1, 0.15) is 24.5 Å². The lowest BCUT2D eigenvalue weighted by molar-refractivity contribution is -0.116. The smallest absolute Gasteiger partial charge is 0.244 e. The van der Waals surface area contributed by atoms with E-state index in [9.17, 15) is 4.79 Å². The summed E-state index contributed by atoms with van der Waals surface area (Å²) in [7, 11) is 3.77. The lowest BCUT2D eigenvalue weighted by Crippen LogP contribution is -2.45. The monoisotopic (exact) mass is 423 g/mol. The third-order valence-corrected chi connectivity index (χ3v) is 5.37. The normalized spacial score (nSPS) is 14.6. The molecular formula is C25H33N3O3. The summed E-state index contributed by atoms with van der Waals surface area (Å²) in [5.41, 5.74) is 3.22. The largest absolute Gasteiger partial charge is 0.493 e. The fraction of sp³-hybridized carbons (Fsp3) is 0.400. The number of carbonyl (C=O) groups is 1. The second kappa shape index (κ2) is 11.4. The van der Waals surface area contributed by atoms with E-state index in [1.807, 2.05) is 24.3 Å². The van der Waals surface area contributed by atoms with Crippen molar-refractivity contribution in [3.63, 3.8) is 0 Å². The van der Waals surface area contributed by atoms with E-state index in [-0.39, 0.29) is 5.91 Å². The van der Waals surface area contributed by atoms with Crippen molar-refractivity contribution < 1.29 is 14.3 Å². The molecule has 1 fully saturated rings. The summed E-state index contributed by atoms with van der Waals surface area (Å²) in [6.07, 6.45) is 4.27. The number of ether oxygens (including phenoxy) is 2. The second-order valence-corrected chi connectivity index (χ2v) is 7.73. The highest BCUT2D eigenvalue weighted by molar-refractivity contribution is 5.91. The number of para-hydroxylation sites is 1. The van der Waals surface area contributed by atoms with Crippen molar-refractivity contribution in [2.45, 2.75) is 19.9 Å². The average Bonchev–Trinajstić information content (AvgIpc) is 2.81. The number of likely N-dealkylation sites (N-methyl/N-ethyl adjacent to an activating group) is 1.